The first-order valence-electron chi connectivity index (χ1n) is 16.4. The van der Waals surface area contributed by atoms with Gasteiger partial charge in [0, 0.05) is 82.3 Å². The summed E-state index contributed by atoms with van der Waals surface area (Å²) in [6.45, 7) is 8.24. The predicted molar refractivity (Wildman–Crippen MR) is 175 cm³/mol. The maximum Gasteiger partial charge on any atom is 0.410 e. The number of carbonyl (C=O) groups excluding carboxylic acids is 3. The molecule has 0 aromatic heterocycles. The van der Waals surface area contributed by atoms with Crippen LogP contribution >= 0.6 is 11.6 Å². The van der Waals surface area contributed by atoms with E-state index < -0.39 is 12.2 Å². The number of hydrogen-bond acceptors (Lipinski definition) is 7. The van der Waals surface area contributed by atoms with E-state index in [1.165, 1.54) is 0 Å². The van der Waals surface area contributed by atoms with Gasteiger partial charge in [0.25, 0.3) is 5.91 Å². The first kappa shape index (κ1) is 31.6. The molecular weight excluding hydrogens is 592 g/mol. The zero-order valence-corrected chi connectivity index (χ0v) is 26.9. The van der Waals surface area contributed by atoms with Crippen LogP contribution in [-0.4, -0.2) is 97.1 Å². The summed E-state index contributed by atoms with van der Waals surface area (Å²) < 4.78 is 6.09. The molecule has 1 atom stereocenters. The number of halogens is 1. The van der Waals surface area contributed by atoms with Gasteiger partial charge in [-0.3, -0.25) is 14.5 Å². The summed E-state index contributed by atoms with van der Waals surface area (Å²) in [6.07, 6.45) is 2.96. The predicted octanol–water partition coefficient (Wildman–Crippen LogP) is 3.80. The summed E-state index contributed by atoms with van der Waals surface area (Å²) >= 11 is 6.47. The molecule has 4 aliphatic heterocycles. The van der Waals surface area contributed by atoms with Crippen molar-refractivity contribution < 1.29 is 19.1 Å². The lowest BCUT2D eigenvalue weighted by Crippen LogP contribution is -2.54. The number of carbonyl (C=O) groups is 3. The summed E-state index contributed by atoms with van der Waals surface area (Å²) in [5.41, 5.74) is 10.1. The average Bonchev–Trinajstić information content (AvgIpc) is 3.06. The monoisotopic (exact) mass is 636 g/mol. The Morgan fingerprint density at radius 3 is 2.47 bits per heavy atom. The molecule has 10 nitrogen and oxygen atoms in total. The zero-order valence-electron chi connectivity index (χ0n) is 26.2. The first-order valence-corrected chi connectivity index (χ1v) is 16.8. The van der Waals surface area contributed by atoms with Crippen LogP contribution in [0.25, 0.3) is 0 Å². The topological polar surface area (TPSA) is 120 Å². The Labute approximate surface area is 270 Å². The minimum absolute atomic E-state index is 0.00437. The number of hydrogen-bond donors (Lipinski definition) is 3. The molecule has 3 amide bonds. The SMILES string of the molecule is CCc1cc(C[C@@H](OC(=O)N2CCC3(CC2)CC(=O)Nc2ccccc23)C(=O)N2CCC(N3CCNCC3)CC2)cc(Cl)c1N. The highest BCUT2D eigenvalue weighted by Crippen LogP contribution is 2.45. The highest BCUT2D eigenvalue weighted by molar-refractivity contribution is 6.33. The molecule has 0 aliphatic carbocycles. The molecule has 0 saturated carbocycles. The maximum atomic E-state index is 14.0. The number of aryl methyl sites for hydroxylation is 1. The number of ether oxygens (including phenoxy) is 1. The average molecular weight is 637 g/mol. The van der Waals surface area contributed by atoms with Crippen LogP contribution in [0.3, 0.4) is 0 Å². The van der Waals surface area contributed by atoms with E-state index in [0.717, 1.165) is 61.4 Å². The van der Waals surface area contributed by atoms with Crippen molar-refractivity contribution in [2.75, 3.05) is 63.4 Å². The number of anilines is 2. The largest absolute Gasteiger partial charge is 0.436 e. The van der Waals surface area contributed by atoms with Crippen molar-refractivity contribution in [2.45, 2.75) is 69.4 Å². The Balaban J connectivity index is 1.15. The molecule has 0 radical (unpaired) electrons. The molecule has 2 aromatic carbocycles. The fourth-order valence-electron chi connectivity index (χ4n) is 7.65. The van der Waals surface area contributed by atoms with Crippen molar-refractivity contribution in [3.8, 4) is 0 Å². The van der Waals surface area contributed by atoms with Crippen molar-refractivity contribution in [1.29, 1.82) is 0 Å². The number of rotatable bonds is 6. The normalized spacial score (nSPS) is 21.2. The summed E-state index contributed by atoms with van der Waals surface area (Å²) in [4.78, 5) is 46.3. The van der Waals surface area contributed by atoms with Crippen LogP contribution in [0.5, 0.6) is 0 Å². The lowest BCUT2D eigenvalue weighted by molar-refractivity contribution is -0.142. The number of nitrogens with one attached hydrogen (secondary N) is 2. The van der Waals surface area contributed by atoms with Gasteiger partial charge in [-0.15, -0.1) is 0 Å². The van der Waals surface area contributed by atoms with Gasteiger partial charge in [-0.1, -0.05) is 42.8 Å². The fraction of sp³-hybridized carbons (Fsp3) is 0.559. The van der Waals surface area contributed by atoms with Crippen LogP contribution < -0.4 is 16.4 Å². The molecule has 4 N–H and O–H groups in total. The number of nitrogen functional groups attached to an aromatic ring is 1. The van der Waals surface area contributed by atoms with E-state index in [1.54, 1.807) is 11.0 Å². The second kappa shape index (κ2) is 13.6. The van der Waals surface area contributed by atoms with Crippen LogP contribution in [0.15, 0.2) is 36.4 Å². The van der Waals surface area contributed by atoms with Gasteiger partial charge in [0.1, 0.15) is 0 Å². The van der Waals surface area contributed by atoms with Gasteiger partial charge in [0.15, 0.2) is 6.10 Å². The molecule has 4 aliphatic rings. The van der Waals surface area contributed by atoms with Crippen molar-refractivity contribution >= 4 is 40.9 Å². The third-order valence-corrected chi connectivity index (χ3v) is 10.6. The lowest BCUT2D eigenvalue weighted by atomic mass is 9.68. The minimum Gasteiger partial charge on any atom is -0.436 e. The maximum absolute atomic E-state index is 14.0. The Bertz CT molecular complexity index is 1410. The van der Waals surface area contributed by atoms with Crippen molar-refractivity contribution in [3.05, 3.63) is 58.1 Å². The highest BCUT2D eigenvalue weighted by Gasteiger charge is 2.44. The highest BCUT2D eigenvalue weighted by atomic mass is 35.5. The molecule has 1 spiro atoms. The zero-order chi connectivity index (χ0) is 31.6. The molecule has 242 valence electrons. The number of nitrogens with zero attached hydrogens (tertiary/aromatic N) is 3. The summed E-state index contributed by atoms with van der Waals surface area (Å²) in [5.74, 6) is -0.163. The van der Waals surface area contributed by atoms with E-state index in [-0.39, 0.29) is 23.7 Å². The molecule has 3 saturated heterocycles. The standard InChI is InChI=1S/C34H45ClN6O4/c1-2-24-19-23(20-27(35)31(24)36)21-29(32(43)40-13-7-25(8-14-40)39-17-11-37-12-18-39)45-33(44)41-15-9-34(10-16-41)22-30(42)38-28-6-4-3-5-26(28)34/h3-6,19-20,25,29,37H,2,7-18,21-22,36H2,1H3,(H,38,42)/t29-/m1/s1. The Hall–Kier alpha value is -3.34. The number of piperazine rings is 1. The Kier molecular flexibility index (Phi) is 9.54. The molecule has 6 rings (SSSR count). The van der Waals surface area contributed by atoms with Crippen molar-refractivity contribution in [3.63, 3.8) is 0 Å². The number of fused-ring (bicyclic) bond motifs is 2. The molecule has 3 fully saturated rings. The fourth-order valence-corrected chi connectivity index (χ4v) is 7.92. The van der Waals surface area contributed by atoms with E-state index in [0.29, 0.717) is 68.6 Å². The van der Waals surface area contributed by atoms with Crippen LogP contribution in [0.1, 0.15) is 55.7 Å². The van der Waals surface area contributed by atoms with Crippen LogP contribution in [0.2, 0.25) is 5.02 Å². The lowest BCUT2D eigenvalue weighted by Gasteiger charge is -2.44. The van der Waals surface area contributed by atoms with E-state index >= 15 is 0 Å². The van der Waals surface area contributed by atoms with E-state index in [2.05, 4.69) is 21.6 Å². The van der Waals surface area contributed by atoms with Crippen molar-refractivity contribution in [1.82, 2.24) is 20.0 Å². The number of piperidine rings is 2. The number of likely N-dealkylation sites (tertiary alicyclic amines) is 2. The van der Waals surface area contributed by atoms with Crippen LogP contribution in [0, 0.1) is 0 Å². The third kappa shape index (κ3) is 6.78. The molecule has 4 heterocycles. The second-order valence-electron chi connectivity index (χ2n) is 13.0. The van der Waals surface area contributed by atoms with Gasteiger partial charge in [-0.2, -0.15) is 0 Å². The third-order valence-electron chi connectivity index (χ3n) is 10.3. The van der Waals surface area contributed by atoms with Crippen molar-refractivity contribution in [2.24, 2.45) is 0 Å². The summed E-state index contributed by atoms with van der Waals surface area (Å²) in [7, 11) is 0. The number of benzene rings is 2. The van der Waals surface area contributed by atoms with Crippen LogP contribution in [0.4, 0.5) is 16.2 Å². The van der Waals surface area contributed by atoms with Gasteiger partial charge in [-0.05, 0) is 60.9 Å². The van der Waals surface area contributed by atoms with Gasteiger partial charge in [0.2, 0.25) is 5.91 Å². The van der Waals surface area contributed by atoms with E-state index in [4.69, 9.17) is 22.1 Å². The van der Waals surface area contributed by atoms with Gasteiger partial charge < -0.3 is 30.9 Å². The smallest absolute Gasteiger partial charge is 0.410 e. The first-order chi connectivity index (χ1) is 21.8. The molecular formula is C34H45ClN6O4. The second-order valence-corrected chi connectivity index (χ2v) is 13.4. The summed E-state index contributed by atoms with van der Waals surface area (Å²) in [6, 6.07) is 12.1. The summed E-state index contributed by atoms with van der Waals surface area (Å²) in [5, 5.41) is 6.84. The number of nitrogens with two attached hydrogens (primary N) is 1. The molecule has 0 bridgehead atoms. The Morgan fingerprint density at radius 2 is 1.76 bits per heavy atom. The van der Waals surface area contributed by atoms with Gasteiger partial charge in [0.05, 0.1) is 10.7 Å². The number of para-hydroxylation sites is 1. The minimum atomic E-state index is -0.977. The van der Waals surface area contributed by atoms with Gasteiger partial charge in [-0.25, -0.2) is 4.79 Å². The molecule has 11 heteroatoms. The van der Waals surface area contributed by atoms with E-state index in [9.17, 15) is 14.4 Å². The van der Waals surface area contributed by atoms with Gasteiger partial charge >= 0.3 is 6.09 Å². The quantitative estimate of drug-likeness (QED) is 0.413. The molecule has 45 heavy (non-hydrogen) atoms. The number of amides is 3. The molecule has 2 aromatic rings. The van der Waals surface area contributed by atoms with E-state index in [1.807, 2.05) is 36.1 Å². The van der Waals surface area contributed by atoms with Crippen LogP contribution in [-0.2, 0) is 32.6 Å². The Morgan fingerprint density at radius 1 is 1.04 bits per heavy atom. The molecule has 0 unspecified atom stereocenters.